The molecule has 0 saturated carbocycles. The van der Waals surface area contributed by atoms with Crippen molar-refractivity contribution in [2.75, 3.05) is 7.05 Å². The van der Waals surface area contributed by atoms with Crippen molar-refractivity contribution in [2.45, 2.75) is 19.9 Å². The number of H-pyrrole nitrogens is 2. The van der Waals surface area contributed by atoms with E-state index in [0.717, 1.165) is 23.2 Å². The van der Waals surface area contributed by atoms with Gasteiger partial charge in [0.25, 0.3) is 5.91 Å². The van der Waals surface area contributed by atoms with Crippen LogP contribution in [0.4, 0.5) is 0 Å². The van der Waals surface area contributed by atoms with Gasteiger partial charge in [-0.05, 0) is 35.4 Å². The van der Waals surface area contributed by atoms with Gasteiger partial charge in [-0.25, -0.2) is 0 Å². The predicted octanol–water partition coefficient (Wildman–Crippen LogP) is 2.03. The Morgan fingerprint density at radius 3 is 2.83 bits per heavy atom. The van der Waals surface area contributed by atoms with Gasteiger partial charge in [0.05, 0.1) is 0 Å². The van der Waals surface area contributed by atoms with Gasteiger partial charge in [-0.15, -0.1) is 10.2 Å². The number of carbonyl (C=O) groups is 1. The highest BCUT2D eigenvalue weighted by Gasteiger charge is 2.14. The normalized spacial score (nSPS) is 10.7. The first kappa shape index (κ1) is 15.0. The number of nitrogens with zero attached hydrogens (tertiary/aromatic N) is 4. The van der Waals surface area contributed by atoms with Crippen LogP contribution in [0.5, 0.6) is 0 Å². The fourth-order valence-electron chi connectivity index (χ4n) is 2.42. The molecule has 0 aliphatic rings. The van der Waals surface area contributed by atoms with Crippen molar-refractivity contribution in [1.29, 1.82) is 0 Å². The number of nitrogens with one attached hydrogen (secondary N) is 2. The topological polar surface area (TPSA) is 90.6 Å². The molecule has 0 radical (unpaired) electrons. The molecule has 2 N–H and O–H groups in total. The molecule has 0 fully saturated rings. The monoisotopic (exact) mass is 310 g/mol. The van der Waals surface area contributed by atoms with Crippen molar-refractivity contribution in [2.24, 2.45) is 0 Å². The maximum atomic E-state index is 12.4. The highest BCUT2D eigenvalue weighted by Crippen LogP contribution is 2.16. The number of carbonyl (C=O) groups excluding carboxylic acids is 1. The Hall–Kier alpha value is -2.96. The third kappa shape index (κ3) is 3.28. The van der Waals surface area contributed by atoms with Gasteiger partial charge >= 0.3 is 0 Å². The zero-order valence-electron chi connectivity index (χ0n) is 13.1. The quantitative estimate of drug-likeness (QED) is 0.754. The van der Waals surface area contributed by atoms with Gasteiger partial charge < -0.3 is 9.88 Å². The van der Waals surface area contributed by atoms with Gasteiger partial charge in [0.2, 0.25) is 5.82 Å². The van der Waals surface area contributed by atoms with Crippen LogP contribution in [0.3, 0.4) is 0 Å². The Kier molecular flexibility index (Phi) is 4.18. The predicted molar refractivity (Wildman–Crippen MR) is 85.6 cm³/mol. The molecule has 0 aliphatic heterocycles. The van der Waals surface area contributed by atoms with Gasteiger partial charge in [-0.2, -0.15) is 5.21 Å². The molecule has 0 aliphatic carbocycles. The first-order valence-corrected chi connectivity index (χ1v) is 7.43. The Bertz CT molecular complexity index is 793. The summed E-state index contributed by atoms with van der Waals surface area (Å²) in [7, 11) is 1.79. The molecule has 0 bridgehead atoms. The molecule has 2 heterocycles. The lowest BCUT2D eigenvalue weighted by Gasteiger charge is -2.16. The molecule has 0 unspecified atom stereocenters. The molecule has 23 heavy (non-hydrogen) atoms. The second-order valence-corrected chi connectivity index (χ2v) is 5.35. The highest BCUT2D eigenvalue weighted by atomic mass is 16.2. The Morgan fingerprint density at radius 2 is 2.13 bits per heavy atom. The molecular formula is C16H18N6O. The van der Waals surface area contributed by atoms with Crippen LogP contribution in [0.1, 0.15) is 28.7 Å². The minimum atomic E-state index is -0.0327. The van der Waals surface area contributed by atoms with E-state index in [-0.39, 0.29) is 5.91 Å². The SMILES string of the molecule is CCc1ccc(C(=O)N(C)Cc2cccc(-c3nn[nH]n3)c2)[nH]1. The summed E-state index contributed by atoms with van der Waals surface area (Å²) in [5.74, 6) is 0.507. The number of aromatic nitrogens is 5. The lowest BCUT2D eigenvalue weighted by Crippen LogP contribution is -2.26. The van der Waals surface area contributed by atoms with E-state index in [1.165, 1.54) is 0 Å². The smallest absolute Gasteiger partial charge is 0.270 e. The lowest BCUT2D eigenvalue weighted by atomic mass is 10.1. The standard InChI is InChI=1S/C16H18N6O/c1-3-13-7-8-14(17-13)16(23)22(2)10-11-5-4-6-12(9-11)15-18-20-21-19-15/h4-9,17H,3,10H2,1-2H3,(H,18,19,20,21). The molecule has 0 saturated heterocycles. The minimum absolute atomic E-state index is 0.0327. The number of amides is 1. The summed E-state index contributed by atoms with van der Waals surface area (Å²) in [4.78, 5) is 17.3. The van der Waals surface area contributed by atoms with Crippen LogP contribution in [-0.2, 0) is 13.0 Å². The number of rotatable bonds is 5. The van der Waals surface area contributed by atoms with Crippen molar-refractivity contribution in [3.05, 3.63) is 53.3 Å². The largest absolute Gasteiger partial charge is 0.354 e. The molecule has 2 aromatic heterocycles. The second-order valence-electron chi connectivity index (χ2n) is 5.35. The van der Waals surface area contributed by atoms with Crippen LogP contribution in [0.15, 0.2) is 36.4 Å². The third-order valence-electron chi connectivity index (χ3n) is 3.65. The molecule has 0 spiro atoms. The average molecular weight is 310 g/mol. The van der Waals surface area contributed by atoms with Gasteiger partial charge in [-0.1, -0.05) is 25.1 Å². The first-order chi connectivity index (χ1) is 11.2. The van der Waals surface area contributed by atoms with Gasteiger partial charge in [0, 0.05) is 24.8 Å². The fraction of sp³-hybridized carbons (Fsp3) is 0.250. The Morgan fingerprint density at radius 1 is 1.26 bits per heavy atom. The molecule has 1 amide bonds. The van der Waals surface area contributed by atoms with Gasteiger partial charge in [0.1, 0.15) is 5.69 Å². The molecular weight excluding hydrogens is 292 g/mol. The van der Waals surface area contributed by atoms with Crippen molar-refractivity contribution in [3.63, 3.8) is 0 Å². The Balaban J connectivity index is 1.73. The van der Waals surface area contributed by atoms with Gasteiger partial charge in [0.15, 0.2) is 0 Å². The number of aryl methyl sites for hydroxylation is 1. The van der Waals surface area contributed by atoms with Gasteiger partial charge in [-0.3, -0.25) is 4.79 Å². The van der Waals surface area contributed by atoms with E-state index in [1.54, 1.807) is 11.9 Å². The second kappa shape index (κ2) is 6.43. The van der Waals surface area contributed by atoms with Crippen LogP contribution in [-0.4, -0.2) is 43.5 Å². The zero-order valence-corrected chi connectivity index (χ0v) is 13.1. The number of tetrazole rings is 1. The molecule has 3 aromatic rings. The van der Waals surface area contributed by atoms with Crippen LogP contribution in [0.2, 0.25) is 0 Å². The third-order valence-corrected chi connectivity index (χ3v) is 3.65. The summed E-state index contributed by atoms with van der Waals surface area (Å²) in [5.41, 5.74) is 3.54. The molecule has 7 nitrogen and oxygen atoms in total. The van der Waals surface area contributed by atoms with E-state index in [4.69, 9.17) is 0 Å². The zero-order chi connectivity index (χ0) is 16.2. The molecule has 1 aromatic carbocycles. The summed E-state index contributed by atoms with van der Waals surface area (Å²) in [6, 6.07) is 11.5. The van der Waals surface area contributed by atoms with Crippen molar-refractivity contribution in [3.8, 4) is 11.4 Å². The molecule has 3 rings (SSSR count). The summed E-state index contributed by atoms with van der Waals surface area (Å²) in [6.07, 6.45) is 0.879. The van der Waals surface area contributed by atoms with E-state index >= 15 is 0 Å². The average Bonchev–Trinajstić information content (AvgIpc) is 3.25. The number of hydrogen-bond donors (Lipinski definition) is 2. The number of aromatic amines is 2. The maximum Gasteiger partial charge on any atom is 0.270 e. The summed E-state index contributed by atoms with van der Waals surface area (Å²) in [5, 5.41) is 13.9. The highest BCUT2D eigenvalue weighted by molar-refractivity contribution is 5.92. The maximum absolute atomic E-state index is 12.4. The van der Waals surface area contributed by atoms with Crippen LogP contribution < -0.4 is 0 Å². The van der Waals surface area contributed by atoms with E-state index in [1.807, 2.05) is 43.3 Å². The van der Waals surface area contributed by atoms with Crippen molar-refractivity contribution in [1.82, 2.24) is 30.5 Å². The summed E-state index contributed by atoms with van der Waals surface area (Å²) < 4.78 is 0. The van der Waals surface area contributed by atoms with Crippen LogP contribution >= 0.6 is 0 Å². The number of hydrogen-bond acceptors (Lipinski definition) is 4. The fourth-order valence-corrected chi connectivity index (χ4v) is 2.42. The van der Waals surface area contributed by atoms with Crippen molar-refractivity contribution < 1.29 is 4.79 Å². The van der Waals surface area contributed by atoms with E-state index in [9.17, 15) is 4.79 Å². The first-order valence-electron chi connectivity index (χ1n) is 7.43. The molecule has 7 heteroatoms. The number of benzene rings is 1. The summed E-state index contributed by atoms with van der Waals surface area (Å²) in [6.45, 7) is 2.55. The summed E-state index contributed by atoms with van der Waals surface area (Å²) >= 11 is 0. The molecule has 118 valence electrons. The van der Waals surface area contributed by atoms with Crippen LogP contribution in [0, 0.1) is 0 Å². The van der Waals surface area contributed by atoms with Crippen LogP contribution in [0.25, 0.3) is 11.4 Å². The lowest BCUT2D eigenvalue weighted by molar-refractivity contribution is 0.0780. The Labute approximate surface area is 133 Å². The van der Waals surface area contributed by atoms with E-state index in [2.05, 4.69) is 25.6 Å². The van der Waals surface area contributed by atoms with E-state index in [0.29, 0.717) is 18.1 Å². The minimum Gasteiger partial charge on any atom is -0.354 e. The van der Waals surface area contributed by atoms with Crippen molar-refractivity contribution >= 4 is 5.91 Å². The van der Waals surface area contributed by atoms with E-state index < -0.39 is 0 Å². The molecule has 0 atom stereocenters.